The van der Waals surface area contributed by atoms with E-state index in [0.29, 0.717) is 0 Å². The summed E-state index contributed by atoms with van der Waals surface area (Å²) < 4.78 is 0. The molecule has 2 aromatic rings. The van der Waals surface area contributed by atoms with Crippen molar-refractivity contribution < 1.29 is 9.69 Å². The zero-order valence-electron chi connectivity index (χ0n) is 12.3. The van der Waals surface area contributed by atoms with E-state index in [4.69, 9.17) is 0 Å². The Kier molecular flexibility index (Phi) is 4.46. The summed E-state index contributed by atoms with van der Waals surface area (Å²) in [6.45, 7) is 2.19. The van der Waals surface area contributed by atoms with Crippen LogP contribution in [-0.2, 0) is 0 Å². The van der Waals surface area contributed by atoms with Crippen molar-refractivity contribution in [3.8, 4) is 0 Å². The van der Waals surface area contributed by atoms with Crippen molar-refractivity contribution in [2.45, 2.75) is 25.3 Å². The van der Waals surface area contributed by atoms with Gasteiger partial charge in [-0.15, -0.1) is 0 Å². The number of carbonyl (C=O) groups is 1. The number of piperidine rings is 1. The van der Waals surface area contributed by atoms with Gasteiger partial charge >= 0.3 is 0 Å². The molecule has 21 heavy (non-hydrogen) atoms. The SMILES string of the molecule is O=C(c1ccccc1)[C@H](c1ccccc1)[NH+]1CCCCC1. The van der Waals surface area contributed by atoms with E-state index in [0.717, 1.165) is 24.2 Å². The highest BCUT2D eigenvalue weighted by Gasteiger charge is 2.32. The molecule has 0 saturated carbocycles. The molecule has 1 saturated heterocycles. The number of benzene rings is 2. The second kappa shape index (κ2) is 6.68. The average Bonchev–Trinajstić information content (AvgIpc) is 2.58. The zero-order chi connectivity index (χ0) is 14.5. The monoisotopic (exact) mass is 280 g/mol. The number of quaternary nitrogens is 1. The molecule has 1 aliphatic heterocycles. The van der Waals surface area contributed by atoms with Gasteiger partial charge in [0.2, 0.25) is 5.78 Å². The highest BCUT2D eigenvalue weighted by molar-refractivity contribution is 5.99. The van der Waals surface area contributed by atoms with Gasteiger partial charge in [0.1, 0.15) is 0 Å². The maximum Gasteiger partial charge on any atom is 0.224 e. The van der Waals surface area contributed by atoms with Gasteiger partial charge < -0.3 is 4.90 Å². The van der Waals surface area contributed by atoms with Gasteiger partial charge in [-0.05, 0) is 19.3 Å². The molecule has 0 aromatic heterocycles. The van der Waals surface area contributed by atoms with E-state index in [2.05, 4.69) is 12.1 Å². The molecule has 0 bridgehead atoms. The van der Waals surface area contributed by atoms with Gasteiger partial charge in [0, 0.05) is 11.1 Å². The molecule has 0 radical (unpaired) electrons. The first kappa shape index (κ1) is 14.0. The smallest absolute Gasteiger partial charge is 0.224 e. The van der Waals surface area contributed by atoms with Gasteiger partial charge in [-0.25, -0.2) is 0 Å². The number of carbonyl (C=O) groups excluding carboxylic acids is 1. The van der Waals surface area contributed by atoms with Crippen LogP contribution in [0.3, 0.4) is 0 Å². The summed E-state index contributed by atoms with van der Waals surface area (Å²) in [5.74, 6) is 0.249. The zero-order valence-corrected chi connectivity index (χ0v) is 12.3. The van der Waals surface area contributed by atoms with Crippen molar-refractivity contribution >= 4 is 5.78 Å². The molecular weight excluding hydrogens is 258 g/mol. The third kappa shape index (κ3) is 3.22. The molecule has 1 fully saturated rings. The van der Waals surface area contributed by atoms with E-state index in [1.807, 2.05) is 48.5 Å². The minimum Gasteiger partial charge on any atom is -0.322 e. The Morgan fingerprint density at radius 2 is 1.38 bits per heavy atom. The molecule has 1 atom stereocenters. The number of ketones is 1. The van der Waals surface area contributed by atoms with E-state index in [-0.39, 0.29) is 11.8 Å². The van der Waals surface area contributed by atoms with Crippen molar-refractivity contribution in [3.05, 3.63) is 71.8 Å². The Balaban J connectivity index is 1.94. The van der Waals surface area contributed by atoms with Gasteiger partial charge in [0.15, 0.2) is 6.04 Å². The topological polar surface area (TPSA) is 21.5 Å². The molecule has 2 aromatic carbocycles. The predicted octanol–water partition coefficient (Wildman–Crippen LogP) is 2.68. The maximum atomic E-state index is 13.0. The second-order valence-corrected chi connectivity index (χ2v) is 5.79. The Morgan fingerprint density at radius 1 is 0.810 bits per heavy atom. The average molecular weight is 280 g/mol. The minimum absolute atomic E-state index is 0.0612. The van der Waals surface area contributed by atoms with E-state index in [1.54, 1.807) is 0 Å². The van der Waals surface area contributed by atoms with Crippen LogP contribution in [-0.4, -0.2) is 18.9 Å². The largest absolute Gasteiger partial charge is 0.322 e. The number of hydrogen-bond acceptors (Lipinski definition) is 1. The first-order chi connectivity index (χ1) is 10.4. The lowest BCUT2D eigenvalue weighted by molar-refractivity contribution is -0.926. The van der Waals surface area contributed by atoms with Crippen LogP contribution in [0.25, 0.3) is 0 Å². The number of hydrogen-bond donors (Lipinski definition) is 1. The fourth-order valence-electron chi connectivity index (χ4n) is 3.28. The molecule has 3 rings (SSSR count). The summed E-state index contributed by atoms with van der Waals surface area (Å²) >= 11 is 0. The lowest BCUT2D eigenvalue weighted by atomic mass is 9.94. The predicted molar refractivity (Wildman–Crippen MR) is 84.5 cm³/mol. The Bertz CT molecular complexity index is 573. The highest BCUT2D eigenvalue weighted by atomic mass is 16.1. The van der Waals surface area contributed by atoms with E-state index >= 15 is 0 Å². The van der Waals surface area contributed by atoms with Crippen molar-refractivity contribution in [2.24, 2.45) is 0 Å². The second-order valence-electron chi connectivity index (χ2n) is 5.79. The molecule has 2 nitrogen and oxygen atoms in total. The van der Waals surface area contributed by atoms with Crippen molar-refractivity contribution in [1.29, 1.82) is 0 Å². The van der Waals surface area contributed by atoms with Crippen molar-refractivity contribution in [2.75, 3.05) is 13.1 Å². The van der Waals surface area contributed by atoms with Gasteiger partial charge in [-0.2, -0.15) is 0 Å². The van der Waals surface area contributed by atoms with E-state index in [1.165, 1.54) is 24.2 Å². The van der Waals surface area contributed by atoms with Gasteiger partial charge in [-0.3, -0.25) is 4.79 Å². The molecular formula is C19H22NO+. The molecule has 108 valence electrons. The Morgan fingerprint density at radius 3 is 2.00 bits per heavy atom. The van der Waals surface area contributed by atoms with E-state index < -0.39 is 0 Å². The third-order valence-corrected chi connectivity index (χ3v) is 4.36. The fourth-order valence-corrected chi connectivity index (χ4v) is 3.28. The lowest BCUT2D eigenvalue weighted by Crippen LogP contribution is -3.13. The highest BCUT2D eigenvalue weighted by Crippen LogP contribution is 2.17. The molecule has 1 aliphatic rings. The summed E-state index contributed by atoms with van der Waals surface area (Å²) in [7, 11) is 0. The van der Waals surface area contributed by atoms with E-state index in [9.17, 15) is 4.79 Å². The molecule has 0 aliphatic carbocycles. The number of Topliss-reactive ketones (excluding diaryl/α,β-unsaturated/α-hetero) is 1. The van der Waals surface area contributed by atoms with Gasteiger partial charge in [-0.1, -0.05) is 60.7 Å². The first-order valence-corrected chi connectivity index (χ1v) is 7.85. The molecule has 1 N–H and O–H groups in total. The number of nitrogens with one attached hydrogen (secondary N) is 1. The van der Waals surface area contributed by atoms with Gasteiger partial charge in [0.05, 0.1) is 13.1 Å². The summed E-state index contributed by atoms with van der Waals surface area (Å²) in [6.07, 6.45) is 3.74. The molecule has 0 amide bonds. The van der Waals surface area contributed by atoms with Gasteiger partial charge in [0.25, 0.3) is 0 Å². The Hall–Kier alpha value is -1.93. The van der Waals surface area contributed by atoms with Crippen LogP contribution >= 0.6 is 0 Å². The summed E-state index contributed by atoms with van der Waals surface area (Å²) in [6, 6.07) is 19.9. The van der Waals surface area contributed by atoms with Crippen LogP contribution in [0.1, 0.15) is 41.2 Å². The van der Waals surface area contributed by atoms with Crippen LogP contribution in [0, 0.1) is 0 Å². The summed E-state index contributed by atoms with van der Waals surface area (Å²) in [5, 5.41) is 0. The molecule has 0 spiro atoms. The molecule has 1 heterocycles. The minimum atomic E-state index is -0.0612. The van der Waals surface area contributed by atoms with Crippen molar-refractivity contribution in [1.82, 2.24) is 0 Å². The van der Waals surface area contributed by atoms with Crippen LogP contribution in [0.15, 0.2) is 60.7 Å². The molecule has 0 unspecified atom stereocenters. The number of likely N-dealkylation sites (tertiary alicyclic amines) is 1. The third-order valence-electron chi connectivity index (χ3n) is 4.36. The first-order valence-electron chi connectivity index (χ1n) is 7.85. The molecule has 2 heteroatoms. The van der Waals surface area contributed by atoms with Crippen molar-refractivity contribution in [3.63, 3.8) is 0 Å². The van der Waals surface area contributed by atoms with Crippen LogP contribution < -0.4 is 4.90 Å². The fraction of sp³-hybridized carbons (Fsp3) is 0.316. The normalized spacial score (nSPS) is 17.3. The van der Waals surface area contributed by atoms with Crippen LogP contribution in [0.5, 0.6) is 0 Å². The maximum absolute atomic E-state index is 13.0. The van der Waals surface area contributed by atoms with Crippen LogP contribution in [0.2, 0.25) is 0 Å². The number of rotatable bonds is 4. The summed E-state index contributed by atoms with van der Waals surface area (Å²) in [4.78, 5) is 14.4. The van der Waals surface area contributed by atoms with Crippen LogP contribution in [0.4, 0.5) is 0 Å². The Labute approximate surface area is 126 Å². The lowest BCUT2D eigenvalue weighted by Gasteiger charge is -2.31. The quantitative estimate of drug-likeness (QED) is 0.854. The summed E-state index contributed by atoms with van der Waals surface area (Å²) in [5.41, 5.74) is 1.97. The standard InChI is InChI=1S/C19H21NO/c21-19(17-12-6-2-7-13-17)18(16-10-4-1-5-11-16)20-14-8-3-9-15-20/h1-2,4-7,10-13,18H,3,8-9,14-15H2/p+1/t18-/m0/s1.